The van der Waals surface area contributed by atoms with E-state index in [4.69, 9.17) is 0 Å². The van der Waals surface area contributed by atoms with Crippen LogP contribution in [-0.4, -0.2) is 0 Å². The van der Waals surface area contributed by atoms with Gasteiger partial charge in [-0.25, -0.2) is 0 Å². The monoisotopic (exact) mass is 396 g/mol. The van der Waals surface area contributed by atoms with Crippen LogP contribution in [0.4, 0.5) is 0 Å². The van der Waals surface area contributed by atoms with Gasteiger partial charge in [-0.3, -0.25) is 0 Å². The van der Waals surface area contributed by atoms with Crippen molar-refractivity contribution in [2.45, 2.75) is 118 Å². The molecule has 0 spiro atoms. The average molecular weight is 397 g/mol. The molecule has 1 heteroatoms. The normalized spacial score (nSPS) is 15.9. The van der Waals surface area contributed by atoms with Gasteiger partial charge in [-0.1, -0.05) is 96.6 Å². The first kappa shape index (κ1) is 23.9. The van der Waals surface area contributed by atoms with Crippen LogP contribution in [0.1, 0.15) is 120 Å². The van der Waals surface area contributed by atoms with E-state index in [9.17, 15) is 0 Å². The van der Waals surface area contributed by atoms with Crippen LogP contribution in [0.2, 0.25) is 0 Å². The van der Waals surface area contributed by atoms with Crippen LogP contribution >= 0.6 is 0 Å². The summed E-state index contributed by atoms with van der Waals surface area (Å²) in [6.45, 7) is 10.2. The molecule has 2 rings (SSSR count). The second-order valence-electron chi connectivity index (χ2n) is 9.31. The van der Waals surface area contributed by atoms with Crippen LogP contribution < -0.4 is 4.57 Å². The van der Waals surface area contributed by atoms with Crippen molar-refractivity contribution >= 4 is 12.2 Å². The van der Waals surface area contributed by atoms with E-state index in [1.54, 1.807) is 0 Å². The minimum Gasteiger partial charge on any atom is -0.191 e. The van der Waals surface area contributed by atoms with E-state index in [2.05, 4.69) is 62.6 Å². The van der Waals surface area contributed by atoms with Gasteiger partial charge in [0.15, 0.2) is 6.54 Å². The van der Waals surface area contributed by atoms with E-state index >= 15 is 0 Å². The molecule has 1 atom stereocenters. The van der Waals surface area contributed by atoms with Crippen LogP contribution in [0.15, 0.2) is 18.2 Å². The SMILES string of the molecule is CCCCCCCCCCCCCC/C=C/c1c(C)cc(C)c2[n+]1CC(C)C=C2. The van der Waals surface area contributed by atoms with Gasteiger partial charge in [-0.2, -0.15) is 4.57 Å². The Morgan fingerprint density at radius 2 is 1.45 bits per heavy atom. The Kier molecular flexibility index (Phi) is 11.4. The van der Waals surface area contributed by atoms with Gasteiger partial charge in [0, 0.05) is 29.2 Å². The molecule has 0 saturated heterocycles. The van der Waals surface area contributed by atoms with Gasteiger partial charge in [-0.15, -0.1) is 0 Å². The number of pyridine rings is 1. The van der Waals surface area contributed by atoms with E-state index in [0.717, 1.165) is 6.54 Å². The fourth-order valence-electron chi connectivity index (χ4n) is 4.57. The van der Waals surface area contributed by atoms with Crippen molar-refractivity contribution in [3.63, 3.8) is 0 Å². The van der Waals surface area contributed by atoms with Crippen molar-refractivity contribution in [3.05, 3.63) is 40.7 Å². The van der Waals surface area contributed by atoms with Crippen molar-refractivity contribution in [2.24, 2.45) is 5.92 Å². The molecule has 0 N–H and O–H groups in total. The summed E-state index contributed by atoms with van der Waals surface area (Å²) in [6, 6.07) is 2.34. The Labute approximate surface area is 181 Å². The number of allylic oxidation sites excluding steroid dienone is 2. The van der Waals surface area contributed by atoms with Crippen molar-refractivity contribution in [3.8, 4) is 0 Å². The minimum atomic E-state index is 0.622. The lowest BCUT2D eigenvalue weighted by Gasteiger charge is -2.15. The summed E-state index contributed by atoms with van der Waals surface area (Å²) in [5.41, 5.74) is 5.59. The highest BCUT2D eigenvalue weighted by atomic mass is 15.0. The molecular weight excluding hydrogens is 350 g/mol. The van der Waals surface area contributed by atoms with Crippen LogP contribution in [-0.2, 0) is 6.54 Å². The van der Waals surface area contributed by atoms with E-state index in [1.807, 2.05) is 0 Å². The molecule has 1 nitrogen and oxygen atoms in total. The third-order valence-corrected chi connectivity index (χ3v) is 6.38. The van der Waals surface area contributed by atoms with Crippen molar-refractivity contribution in [1.82, 2.24) is 0 Å². The largest absolute Gasteiger partial charge is 0.208 e. The van der Waals surface area contributed by atoms with Gasteiger partial charge < -0.3 is 0 Å². The van der Waals surface area contributed by atoms with Crippen molar-refractivity contribution in [2.75, 3.05) is 0 Å². The van der Waals surface area contributed by atoms with Crippen LogP contribution in [0.3, 0.4) is 0 Å². The van der Waals surface area contributed by atoms with E-state index in [-0.39, 0.29) is 0 Å². The molecule has 2 heterocycles. The van der Waals surface area contributed by atoms with Gasteiger partial charge in [0.2, 0.25) is 11.4 Å². The first-order valence-electron chi connectivity index (χ1n) is 12.5. The molecule has 1 aromatic heterocycles. The molecule has 0 aliphatic carbocycles. The maximum Gasteiger partial charge on any atom is 0.208 e. The third kappa shape index (κ3) is 8.49. The molecule has 1 unspecified atom stereocenters. The Bertz CT molecular complexity index is 653. The fraction of sp³-hybridized carbons (Fsp3) is 0.679. The van der Waals surface area contributed by atoms with Gasteiger partial charge in [0.05, 0.1) is 0 Å². The predicted octanol–water partition coefficient (Wildman–Crippen LogP) is 8.36. The smallest absolute Gasteiger partial charge is 0.191 e. The zero-order chi connectivity index (χ0) is 20.9. The number of aryl methyl sites for hydroxylation is 2. The molecule has 0 aromatic carbocycles. The lowest BCUT2D eigenvalue weighted by Crippen LogP contribution is -2.45. The van der Waals surface area contributed by atoms with Crippen molar-refractivity contribution in [1.29, 1.82) is 0 Å². The second-order valence-corrected chi connectivity index (χ2v) is 9.31. The molecule has 0 amide bonds. The molecule has 1 aromatic rings. The van der Waals surface area contributed by atoms with Gasteiger partial charge >= 0.3 is 0 Å². The Balaban J connectivity index is 1.61. The number of rotatable bonds is 14. The molecule has 162 valence electrons. The van der Waals surface area contributed by atoms with Crippen LogP contribution in [0, 0.1) is 19.8 Å². The topological polar surface area (TPSA) is 3.88 Å². The number of hydrogen-bond acceptors (Lipinski definition) is 0. The number of nitrogens with zero attached hydrogens (tertiary/aromatic N) is 1. The maximum atomic E-state index is 2.52. The first-order valence-corrected chi connectivity index (χ1v) is 12.5. The van der Waals surface area contributed by atoms with E-state index in [1.165, 1.54) is 106 Å². The lowest BCUT2D eigenvalue weighted by atomic mass is 10.00. The zero-order valence-electron chi connectivity index (χ0n) is 19.8. The molecule has 0 radical (unpaired) electrons. The summed E-state index contributed by atoms with van der Waals surface area (Å²) in [5.74, 6) is 0.622. The highest BCUT2D eigenvalue weighted by Crippen LogP contribution is 2.19. The maximum absolute atomic E-state index is 2.52. The van der Waals surface area contributed by atoms with Crippen LogP contribution in [0.5, 0.6) is 0 Å². The molecule has 0 saturated carbocycles. The minimum absolute atomic E-state index is 0.622. The van der Waals surface area contributed by atoms with E-state index < -0.39 is 0 Å². The zero-order valence-corrected chi connectivity index (χ0v) is 19.8. The van der Waals surface area contributed by atoms with Crippen LogP contribution in [0.25, 0.3) is 12.2 Å². The Hall–Kier alpha value is -1.37. The number of fused-ring (bicyclic) bond motifs is 1. The summed E-state index contributed by atoms with van der Waals surface area (Å²) in [6.07, 6.45) is 27.7. The highest BCUT2D eigenvalue weighted by molar-refractivity contribution is 5.53. The summed E-state index contributed by atoms with van der Waals surface area (Å²) < 4.78 is 2.52. The first-order chi connectivity index (χ1) is 14.1. The molecule has 1 aliphatic rings. The fourth-order valence-corrected chi connectivity index (χ4v) is 4.57. The molecule has 0 fully saturated rings. The number of unbranched alkanes of at least 4 members (excludes halogenated alkanes) is 12. The van der Waals surface area contributed by atoms with Gasteiger partial charge in [0.25, 0.3) is 0 Å². The summed E-state index contributed by atoms with van der Waals surface area (Å²) in [7, 11) is 0. The van der Waals surface area contributed by atoms with Gasteiger partial charge in [0.1, 0.15) is 0 Å². The molecule has 29 heavy (non-hydrogen) atoms. The average Bonchev–Trinajstić information content (AvgIpc) is 2.70. The summed E-state index contributed by atoms with van der Waals surface area (Å²) in [5, 5.41) is 0. The molecule has 0 bridgehead atoms. The highest BCUT2D eigenvalue weighted by Gasteiger charge is 2.23. The quantitative estimate of drug-likeness (QED) is 0.220. The Morgan fingerprint density at radius 3 is 2.07 bits per heavy atom. The summed E-state index contributed by atoms with van der Waals surface area (Å²) in [4.78, 5) is 0. The third-order valence-electron chi connectivity index (χ3n) is 6.38. The summed E-state index contributed by atoms with van der Waals surface area (Å²) >= 11 is 0. The second kappa shape index (κ2) is 13.8. The number of aromatic nitrogens is 1. The van der Waals surface area contributed by atoms with Crippen molar-refractivity contribution < 1.29 is 4.57 Å². The lowest BCUT2D eigenvalue weighted by molar-refractivity contribution is -0.706. The predicted molar refractivity (Wildman–Crippen MR) is 129 cm³/mol. The molecular formula is C28H46N+. The van der Waals surface area contributed by atoms with Gasteiger partial charge in [-0.05, 0) is 32.8 Å². The van der Waals surface area contributed by atoms with E-state index in [0.29, 0.717) is 5.92 Å². The molecule has 1 aliphatic heterocycles. The number of hydrogen-bond donors (Lipinski definition) is 0. The Morgan fingerprint density at radius 1 is 0.862 bits per heavy atom. The standard InChI is InChI=1S/C28H46N/c1-5-6-7-8-9-10-11-12-13-14-15-16-17-18-19-27-25(3)22-26(4)28-21-20-24(2)23-29(27)28/h18-22,24H,5-17,23H2,1-4H3/q+1/b19-18+.